The lowest BCUT2D eigenvalue weighted by atomic mass is 10.2. The zero-order valence-electron chi connectivity index (χ0n) is 17.2. The highest BCUT2D eigenvalue weighted by Crippen LogP contribution is 2.04. The molecule has 0 spiro atoms. The first-order valence-electron chi connectivity index (χ1n) is 10.2. The summed E-state index contributed by atoms with van der Waals surface area (Å²) in [5.74, 6) is 2.09. The minimum Gasteiger partial charge on any atom is -0.376 e. The Bertz CT molecular complexity index is 892. The van der Waals surface area contributed by atoms with Crippen LogP contribution in [0.1, 0.15) is 25.2 Å². The molecule has 0 aliphatic carbocycles. The minimum absolute atomic E-state index is 0.342. The largest absolute Gasteiger partial charge is 0.376 e. The number of nitrogens with one attached hydrogen (secondary N) is 2. The van der Waals surface area contributed by atoms with E-state index in [1.54, 1.807) is 0 Å². The van der Waals surface area contributed by atoms with Crippen molar-refractivity contribution in [2.24, 2.45) is 10.9 Å². The van der Waals surface area contributed by atoms with Gasteiger partial charge in [0.2, 0.25) is 0 Å². The summed E-state index contributed by atoms with van der Waals surface area (Å²) in [4.78, 5) is 4.69. The molecule has 3 aromatic rings. The molecule has 1 atom stereocenters. The Hall–Kier alpha value is -2.93. The van der Waals surface area contributed by atoms with Gasteiger partial charge in [0.05, 0.1) is 13.2 Å². The predicted octanol–water partition coefficient (Wildman–Crippen LogP) is 2.68. The lowest BCUT2D eigenvalue weighted by molar-refractivity contribution is 0.0945. The van der Waals surface area contributed by atoms with Crippen LogP contribution in [0.4, 0.5) is 0 Å². The van der Waals surface area contributed by atoms with Crippen molar-refractivity contribution in [1.82, 2.24) is 25.2 Å². The molecule has 2 heterocycles. The third-order valence-corrected chi connectivity index (χ3v) is 4.44. The Labute approximate surface area is 172 Å². The van der Waals surface area contributed by atoms with Gasteiger partial charge in [-0.1, -0.05) is 43.3 Å². The van der Waals surface area contributed by atoms with Crippen molar-refractivity contribution < 1.29 is 4.74 Å². The fraction of sp³-hybridized carbons (Fsp3) is 0.409. The Morgan fingerprint density at radius 3 is 2.76 bits per heavy atom. The van der Waals surface area contributed by atoms with Crippen molar-refractivity contribution in [1.29, 1.82) is 0 Å². The summed E-state index contributed by atoms with van der Waals surface area (Å²) in [6.07, 6.45) is 2.76. The normalized spacial score (nSPS) is 12.8. The van der Waals surface area contributed by atoms with Gasteiger partial charge in [-0.3, -0.25) is 9.39 Å². The molecule has 29 heavy (non-hydrogen) atoms. The van der Waals surface area contributed by atoms with Crippen LogP contribution in [0.15, 0.2) is 59.7 Å². The monoisotopic (exact) mass is 394 g/mol. The number of hydrogen-bond acceptors (Lipinski definition) is 4. The van der Waals surface area contributed by atoms with Crippen LogP contribution >= 0.6 is 0 Å². The summed E-state index contributed by atoms with van der Waals surface area (Å²) in [5.41, 5.74) is 2.06. The quantitative estimate of drug-likeness (QED) is 0.408. The molecule has 7 heteroatoms. The van der Waals surface area contributed by atoms with Crippen molar-refractivity contribution in [3.63, 3.8) is 0 Å². The Morgan fingerprint density at radius 2 is 1.93 bits per heavy atom. The minimum atomic E-state index is 0.342. The Morgan fingerprint density at radius 1 is 1.10 bits per heavy atom. The fourth-order valence-corrected chi connectivity index (χ4v) is 2.95. The van der Waals surface area contributed by atoms with E-state index in [9.17, 15) is 0 Å². The molecule has 0 aliphatic heterocycles. The van der Waals surface area contributed by atoms with Crippen LogP contribution in [0.5, 0.6) is 0 Å². The summed E-state index contributed by atoms with van der Waals surface area (Å²) in [6, 6.07) is 16.1. The molecule has 0 fully saturated rings. The summed E-state index contributed by atoms with van der Waals surface area (Å²) in [6.45, 7) is 7.80. The number of rotatable bonds is 10. The maximum absolute atomic E-state index is 5.82. The van der Waals surface area contributed by atoms with E-state index >= 15 is 0 Å². The van der Waals surface area contributed by atoms with Gasteiger partial charge in [0.15, 0.2) is 11.6 Å². The molecular weight excluding hydrogens is 364 g/mol. The first kappa shape index (κ1) is 20.8. The van der Waals surface area contributed by atoms with E-state index in [-0.39, 0.29) is 0 Å². The van der Waals surface area contributed by atoms with Gasteiger partial charge >= 0.3 is 0 Å². The highest BCUT2D eigenvalue weighted by Gasteiger charge is 2.06. The van der Waals surface area contributed by atoms with Gasteiger partial charge < -0.3 is 15.4 Å². The van der Waals surface area contributed by atoms with E-state index in [1.807, 2.05) is 47.0 Å². The molecule has 154 valence electrons. The van der Waals surface area contributed by atoms with Crippen LogP contribution in [0, 0.1) is 5.92 Å². The predicted molar refractivity (Wildman–Crippen MR) is 116 cm³/mol. The van der Waals surface area contributed by atoms with E-state index < -0.39 is 0 Å². The van der Waals surface area contributed by atoms with E-state index in [4.69, 9.17) is 9.73 Å². The second-order valence-corrected chi connectivity index (χ2v) is 7.05. The third-order valence-electron chi connectivity index (χ3n) is 4.44. The average Bonchev–Trinajstić information content (AvgIpc) is 3.16. The molecule has 2 aromatic heterocycles. The summed E-state index contributed by atoms with van der Waals surface area (Å²) >= 11 is 0. The van der Waals surface area contributed by atoms with Crippen LogP contribution < -0.4 is 10.6 Å². The summed E-state index contributed by atoms with van der Waals surface area (Å²) in [5, 5.41) is 15.1. The van der Waals surface area contributed by atoms with Crippen molar-refractivity contribution in [3.8, 4) is 0 Å². The van der Waals surface area contributed by atoms with E-state index in [0.29, 0.717) is 25.7 Å². The summed E-state index contributed by atoms with van der Waals surface area (Å²) < 4.78 is 7.83. The van der Waals surface area contributed by atoms with Gasteiger partial charge in [-0.25, -0.2) is 0 Å². The second kappa shape index (κ2) is 11.2. The van der Waals surface area contributed by atoms with Gasteiger partial charge in [0, 0.05) is 32.3 Å². The SMILES string of the molecule is CCNC(=NCC(C)COCc1ccccc1)NCCc1nnc2ccccn12. The van der Waals surface area contributed by atoms with Gasteiger partial charge in [-0.15, -0.1) is 10.2 Å². The van der Waals surface area contributed by atoms with Crippen molar-refractivity contribution in [3.05, 3.63) is 66.1 Å². The van der Waals surface area contributed by atoms with E-state index in [2.05, 4.69) is 46.8 Å². The maximum Gasteiger partial charge on any atom is 0.191 e. The molecule has 1 unspecified atom stereocenters. The average molecular weight is 395 g/mol. The van der Waals surface area contributed by atoms with E-state index in [1.165, 1.54) is 5.56 Å². The zero-order chi connectivity index (χ0) is 20.3. The molecule has 7 nitrogen and oxygen atoms in total. The lowest BCUT2D eigenvalue weighted by Gasteiger charge is -2.13. The van der Waals surface area contributed by atoms with Gasteiger partial charge in [0.25, 0.3) is 0 Å². The van der Waals surface area contributed by atoms with Crippen LogP contribution in [-0.2, 0) is 17.8 Å². The molecule has 0 aliphatic rings. The Kier molecular flexibility index (Phi) is 8.01. The number of aliphatic imine (C=N–C) groups is 1. The van der Waals surface area contributed by atoms with Crippen LogP contribution in [0.2, 0.25) is 0 Å². The highest BCUT2D eigenvalue weighted by atomic mass is 16.5. The molecule has 2 N–H and O–H groups in total. The molecular formula is C22H30N6O. The fourth-order valence-electron chi connectivity index (χ4n) is 2.95. The van der Waals surface area contributed by atoms with Gasteiger partial charge in [0.1, 0.15) is 5.82 Å². The van der Waals surface area contributed by atoms with Gasteiger partial charge in [-0.2, -0.15) is 0 Å². The lowest BCUT2D eigenvalue weighted by Crippen LogP contribution is -2.38. The number of ether oxygens (including phenoxy) is 1. The van der Waals surface area contributed by atoms with Crippen LogP contribution in [-0.4, -0.2) is 46.8 Å². The molecule has 3 rings (SSSR count). The maximum atomic E-state index is 5.82. The van der Waals surface area contributed by atoms with Crippen molar-refractivity contribution in [2.45, 2.75) is 26.9 Å². The third kappa shape index (κ3) is 6.57. The molecule has 0 radical (unpaired) electrons. The van der Waals surface area contributed by atoms with Crippen molar-refractivity contribution in [2.75, 3.05) is 26.2 Å². The second-order valence-electron chi connectivity index (χ2n) is 7.05. The van der Waals surface area contributed by atoms with Gasteiger partial charge in [-0.05, 0) is 30.5 Å². The van der Waals surface area contributed by atoms with E-state index in [0.717, 1.165) is 36.9 Å². The van der Waals surface area contributed by atoms with Crippen molar-refractivity contribution >= 4 is 11.6 Å². The summed E-state index contributed by atoms with van der Waals surface area (Å²) in [7, 11) is 0. The molecule has 0 amide bonds. The number of fused-ring (bicyclic) bond motifs is 1. The standard InChI is InChI=1S/C22H30N6O/c1-3-23-22(24-13-12-21-27-26-20-11-7-8-14-28(20)21)25-15-18(2)16-29-17-19-9-5-4-6-10-19/h4-11,14,18H,3,12-13,15-17H2,1-2H3,(H2,23,24,25). The smallest absolute Gasteiger partial charge is 0.191 e. The number of aromatic nitrogens is 3. The molecule has 0 bridgehead atoms. The first-order chi connectivity index (χ1) is 14.3. The molecule has 0 saturated carbocycles. The first-order valence-corrected chi connectivity index (χ1v) is 10.2. The number of benzene rings is 1. The molecule has 0 saturated heterocycles. The van der Waals surface area contributed by atoms with Crippen LogP contribution in [0.25, 0.3) is 5.65 Å². The zero-order valence-corrected chi connectivity index (χ0v) is 17.2. The highest BCUT2D eigenvalue weighted by molar-refractivity contribution is 5.79. The number of pyridine rings is 1. The molecule has 1 aromatic carbocycles. The van der Waals surface area contributed by atoms with Crippen LogP contribution in [0.3, 0.4) is 0 Å². The number of nitrogens with zero attached hydrogens (tertiary/aromatic N) is 4. The Balaban J connectivity index is 1.42. The number of hydrogen-bond donors (Lipinski definition) is 2. The number of guanidine groups is 1. The topological polar surface area (TPSA) is 75.8 Å².